The van der Waals surface area contributed by atoms with Gasteiger partial charge in [0.25, 0.3) is 5.91 Å². The minimum atomic E-state index is -1.70. The average molecular weight is 206 g/mol. The molecule has 8 heteroatoms. The molecule has 14 heavy (non-hydrogen) atoms. The molecule has 0 aliphatic carbocycles. The number of hydrogen-bond donors (Lipinski definition) is 1. The molecule has 1 atom stereocenters. The normalized spacial score (nSPS) is 19.6. The van der Waals surface area contributed by atoms with Crippen molar-refractivity contribution in [1.82, 2.24) is 0 Å². The molecule has 0 radical (unpaired) electrons. The third kappa shape index (κ3) is 2.72. The minimum Gasteiger partial charge on any atom is -0.547 e. The number of carbonyl (C=O) groups excluding carboxylic acids is 2. The molecule has 0 bridgehead atoms. The number of carboxylic acid groups (broad SMARTS) is 2. The van der Waals surface area contributed by atoms with Crippen LogP contribution in [0, 0.1) is 0 Å². The third-order valence-electron chi connectivity index (χ3n) is 1.27. The molecule has 1 heterocycles. The number of carbonyl (C=O) groups is 3. The largest absolute Gasteiger partial charge is 1.00 e. The molecule has 7 nitrogen and oxygen atoms in total. The maximum Gasteiger partial charge on any atom is 1.00 e. The molecule has 0 aromatic rings. The van der Waals surface area contributed by atoms with Crippen LogP contribution in [-0.2, 0) is 14.4 Å². The van der Waals surface area contributed by atoms with E-state index >= 15 is 0 Å². The van der Waals surface area contributed by atoms with Gasteiger partial charge >= 0.3 is 35.5 Å². The van der Waals surface area contributed by atoms with Crippen molar-refractivity contribution in [1.29, 1.82) is 0 Å². The van der Waals surface area contributed by atoms with Crippen LogP contribution in [0.2, 0.25) is 0 Å². The topological polar surface area (TPSA) is 119 Å². The molecule has 1 N–H and O–H groups in total. The van der Waals surface area contributed by atoms with Gasteiger partial charge in [-0.3, -0.25) is 9.79 Å². The number of rotatable bonds is 2. The van der Waals surface area contributed by atoms with Crippen molar-refractivity contribution >= 4 is 29.8 Å². The Hall–Kier alpha value is -1.05. The molecule has 0 aromatic carbocycles. The summed E-state index contributed by atoms with van der Waals surface area (Å²) in [6.07, 6.45) is 0.646. The Labute approximate surface area is 99.8 Å². The quantitative estimate of drug-likeness (QED) is 0.451. The van der Waals surface area contributed by atoms with Gasteiger partial charge in [0.15, 0.2) is 5.71 Å². The molecule has 68 valence electrons. The van der Waals surface area contributed by atoms with Crippen molar-refractivity contribution in [2.45, 2.75) is 6.04 Å². The number of carboxylic acids is 2. The zero-order valence-corrected chi connectivity index (χ0v) is 9.13. The number of hydrogen-bond acceptors (Lipinski definition) is 5. The first kappa shape index (κ1) is 12.9. The molecule has 0 saturated carbocycles. The molecular formula is C6H3N2NaO5. The van der Waals surface area contributed by atoms with Crippen molar-refractivity contribution in [2.24, 2.45) is 9.98 Å². The first-order valence-corrected chi connectivity index (χ1v) is 3.12. The Morgan fingerprint density at radius 3 is 2.50 bits per heavy atom. The van der Waals surface area contributed by atoms with E-state index in [0.29, 0.717) is 6.21 Å². The Morgan fingerprint density at radius 2 is 2.07 bits per heavy atom. The Balaban J connectivity index is 0.00000169. The van der Waals surface area contributed by atoms with Gasteiger partial charge in [-0.2, -0.15) is 0 Å². The first-order chi connectivity index (χ1) is 6.02. The van der Waals surface area contributed by atoms with E-state index in [-0.39, 0.29) is 29.6 Å². The van der Waals surface area contributed by atoms with Gasteiger partial charge in [0.05, 0.1) is 12.2 Å². The van der Waals surface area contributed by atoms with E-state index in [1.165, 1.54) is 0 Å². The van der Waals surface area contributed by atoms with E-state index in [1.54, 1.807) is 0 Å². The fourth-order valence-corrected chi connectivity index (χ4v) is 0.755. The molecule has 1 unspecified atom stereocenters. The van der Waals surface area contributed by atoms with E-state index in [2.05, 4.69) is 9.98 Å². The standard InChI is InChI=1S/C6H4N2O5.Na/c9-2-1-7-3(5(10)11)4(8-2)6(12)13;/h1,3H,(H,10,11)(H,12,13);/q;+1/p-1. The van der Waals surface area contributed by atoms with E-state index in [4.69, 9.17) is 5.11 Å². The monoisotopic (exact) mass is 206 g/mol. The summed E-state index contributed by atoms with van der Waals surface area (Å²) < 4.78 is 0. The van der Waals surface area contributed by atoms with Gasteiger partial charge < -0.3 is 15.0 Å². The fourth-order valence-electron chi connectivity index (χ4n) is 0.755. The fraction of sp³-hybridized carbons (Fsp3) is 0.167. The zero-order chi connectivity index (χ0) is 10.0. The van der Waals surface area contributed by atoms with Crippen LogP contribution in [0.4, 0.5) is 0 Å². The number of nitrogens with zero attached hydrogens (tertiary/aromatic N) is 2. The zero-order valence-electron chi connectivity index (χ0n) is 7.13. The summed E-state index contributed by atoms with van der Waals surface area (Å²) in [7, 11) is 0. The van der Waals surface area contributed by atoms with Crippen LogP contribution in [0.15, 0.2) is 9.98 Å². The Kier molecular flexibility index (Phi) is 4.61. The van der Waals surface area contributed by atoms with Crippen LogP contribution >= 0.6 is 0 Å². The van der Waals surface area contributed by atoms with Crippen LogP contribution in [-0.4, -0.2) is 40.9 Å². The van der Waals surface area contributed by atoms with Gasteiger partial charge in [0.2, 0.25) is 0 Å². The minimum absolute atomic E-state index is 0. The summed E-state index contributed by atoms with van der Waals surface area (Å²) in [6, 6.07) is -1.70. The van der Waals surface area contributed by atoms with Gasteiger partial charge in [0, 0.05) is 0 Å². The second-order valence-corrected chi connectivity index (χ2v) is 2.14. The van der Waals surface area contributed by atoms with Gasteiger partial charge in [-0.15, -0.1) is 0 Å². The number of aliphatic carboxylic acids is 2. The number of aliphatic imine (C=N–C) groups is 2. The summed E-state index contributed by atoms with van der Waals surface area (Å²) in [5, 5.41) is 18.7. The van der Waals surface area contributed by atoms with E-state index in [9.17, 15) is 19.5 Å². The molecule has 1 aliphatic rings. The Morgan fingerprint density at radius 1 is 1.50 bits per heavy atom. The summed E-state index contributed by atoms with van der Waals surface area (Å²) in [4.78, 5) is 37.4. The van der Waals surface area contributed by atoms with Gasteiger partial charge in [0.1, 0.15) is 6.04 Å². The molecule has 0 saturated heterocycles. The molecule has 0 spiro atoms. The maximum absolute atomic E-state index is 10.5. The molecule has 0 fully saturated rings. The van der Waals surface area contributed by atoms with Crippen LogP contribution in [0.1, 0.15) is 0 Å². The molecule has 1 rings (SSSR count). The molecule has 1 amide bonds. The third-order valence-corrected chi connectivity index (χ3v) is 1.27. The second-order valence-electron chi connectivity index (χ2n) is 2.14. The van der Waals surface area contributed by atoms with E-state index in [1.807, 2.05) is 0 Å². The smallest absolute Gasteiger partial charge is 0.547 e. The summed E-state index contributed by atoms with van der Waals surface area (Å²) in [5.41, 5.74) is -0.826. The second kappa shape index (κ2) is 4.99. The van der Waals surface area contributed by atoms with Crippen LogP contribution in [0.5, 0.6) is 0 Å². The SMILES string of the molecule is O=C1C=NC(C(=O)[O-])C(C(=O)O)=N1.[Na+]. The van der Waals surface area contributed by atoms with Crippen molar-refractivity contribution < 1.29 is 54.2 Å². The first-order valence-electron chi connectivity index (χ1n) is 3.12. The molecule has 1 aliphatic heterocycles. The van der Waals surface area contributed by atoms with Crippen LogP contribution in [0.25, 0.3) is 0 Å². The van der Waals surface area contributed by atoms with Crippen molar-refractivity contribution in [3.8, 4) is 0 Å². The van der Waals surface area contributed by atoms with Crippen molar-refractivity contribution in [3.63, 3.8) is 0 Å². The van der Waals surface area contributed by atoms with Crippen molar-refractivity contribution in [3.05, 3.63) is 0 Å². The Bertz CT molecular complexity index is 348. The summed E-state index contributed by atoms with van der Waals surface area (Å²) >= 11 is 0. The van der Waals surface area contributed by atoms with Gasteiger partial charge in [-0.05, 0) is 0 Å². The molecular weight excluding hydrogens is 203 g/mol. The average Bonchev–Trinajstić information content (AvgIpc) is 2.03. The van der Waals surface area contributed by atoms with E-state index < -0.39 is 29.6 Å². The maximum atomic E-state index is 10.5. The number of amides is 1. The van der Waals surface area contributed by atoms with Gasteiger partial charge in [-0.1, -0.05) is 0 Å². The predicted octanol–water partition coefficient (Wildman–Crippen LogP) is -5.75. The summed E-state index contributed by atoms with van der Waals surface area (Å²) in [5.74, 6) is -4.20. The van der Waals surface area contributed by atoms with Crippen molar-refractivity contribution in [2.75, 3.05) is 0 Å². The van der Waals surface area contributed by atoms with Gasteiger partial charge in [-0.25, -0.2) is 9.79 Å². The molecule has 0 aromatic heterocycles. The van der Waals surface area contributed by atoms with Crippen LogP contribution < -0.4 is 34.7 Å². The van der Waals surface area contributed by atoms with Crippen LogP contribution in [0.3, 0.4) is 0 Å². The summed E-state index contributed by atoms with van der Waals surface area (Å²) in [6.45, 7) is 0. The predicted molar refractivity (Wildman–Crippen MR) is 37.4 cm³/mol. The van der Waals surface area contributed by atoms with E-state index in [0.717, 1.165) is 0 Å².